The van der Waals surface area contributed by atoms with E-state index < -0.39 is 0 Å². The molecule has 0 saturated heterocycles. The van der Waals surface area contributed by atoms with Gasteiger partial charge >= 0.3 is 0 Å². The fourth-order valence-electron chi connectivity index (χ4n) is 2.35. The maximum Gasteiger partial charge on any atom is 0.0171 e. The first-order valence-electron chi connectivity index (χ1n) is 5.52. The number of alkyl halides is 1. The lowest BCUT2D eigenvalue weighted by molar-refractivity contribution is 0.271. The molecule has 1 heteroatoms. The molecule has 0 nitrogen and oxygen atoms in total. The van der Waals surface area contributed by atoms with Crippen molar-refractivity contribution >= 4 is 15.9 Å². The molecule has 0 aliphatic heterocycles. The summed E-state index contributed by atoms with van der Waals surface area (Å²) in [7, 11) is 0. The molecule has 0 amide bonds. The molecule has 0 aromatic rings. The fraction of sp³-hybridized carbons (Fsp3) is 0.833. The van der Waals surface area contributed by atoms with Gasteiger partial charge in [0.25, 0.3) is 0 Å². The molecule has 1 rings (SSSR count). The highest BCUT2D eigenvalue weighted by Gasteiger charge is 2.24. The van der Waals surface area contributed by atoms with E-state index in [1.807, 2.05) is 0 Å². The smallest absolute Gasteiger partial charge is 0.0171 e. The summed E-state index contributed by atoms with van der Waals surface area (Å²) in [6.45, 7) is 6.09. The third-order valence-electron chi connectivity index (χ3n) is 3.29. The Morgan fingerprint density at radius 1 is 1.38 bits per heavy atom. The quantitative estimate of drug-likeness (QED) is 0.503. The molecule has 1 aliphatic rings. The van der Waals surface area contributed by atoms with Crippen LogP contribution < -0.4 is 0 Å². The summed E-state index contributed by atoms with van der Waals surface area (Å²) in [5.74, 6) is 1.87. The lowest BCUT2D eigenvalue weighted by atomic mass is 9.79. The van der Waals surface area contributed by atoms with E-state index in [1.54, 1.807) is 0 Å². The van der Waals surface area contributed by atoms with Crippen molar-refractivity contribution in [3.8, 4) is 0 Å². The number of halogens is 1. The molecule has 13 heavy (non-hydrogen) atoms. The lowest BCUT2D eigenvalue weighted by Crippen LogP contribution is -2.21. The van der Waals surface area contributed by atoms with Crippen LogP contribution in [0.3, 0.4) is 0 Å². The molecule has 0 bridgehead atoms. The zero-order valence-electron chi connectivity index (χ0n) is 8.64. The number of rotatable bonds is 4. The summed E-state index contributed by atoms with van der Waals surface area (Å²) in [6, 6.07) is 0. The van der Waals surface area contributed by atoms with Crippen molar-refractivity contribution in [2.45, 2.75) is 50.3 Å². The van der Waals surface area contributed by atoms with Crippen LogP contribution in [0.5, 0.6) is 0 Å². The summed E-state index contributed by atoms with van der Waals surface area (Å²) >= 11 is 3.78. The molecule has 0 aromatic heterocycles. The van der Waals surface area contributed by atoms with Crippen LogP contribution in [0.1, 0.15) is 45.4 Å². The van der Waals surface area contributed by atoms with Crippen LogP contribution in [-0.4, -0.2) is 4.83 Å². The Hall–Kier alpha value is 0.220. The van der Waals surface area contributed by atoms with Crippen molar-refractivity contribution in [3.05, 3.63) is 12.7 Å². The summed E-state index contributed by atoms with van der Waals surface area (Å²) < 4.78 is 0. The molecule has 0 heterocycles. The second-order valence-corrected chi connectivity index (χ2v) is 5.41. The minimum Gasteiger partial charge on any atom is -0.103 e. The van der Waals surface area contributed by atoms with Gasteiger partial charge in [0.05, 0.1) is 0 Å². The zero-order chi connectivity index (χ0) is 9.68. The first kappa shape index (κ1) is 11.3. The molecular weight excluding hydrogens is 224 g/mol. The molecule has 0 N–H and O–H groups in total. The molecular formula is C12H21Br. The summed E-state index contributed by atoms with van der Waals surface area (Å²) in [4.78, 5) is 0.761. The van der Waals surface area contributed by atoms with Crippen LogP contribution in [0.2, 0.25) is 0 Å². The molecule has 76 valence electrons. The normalized spacial score (nSPS) is 31.2. The third kappa shape index (κ3) is 3.46. The van der Waals surface area contributed by atoms with Gasteiger partial charge in [0, 0.05) is 4.83 Å². The van der Waals surface area contributed by atoms with Gasteiger partial charge in [-0.2, -0.15) is 0 Å². The second kappa shape index (κ2) is 5.85. The van der Waals surface area contributed by atoms with Gasteiger partial charge in [0.2, 0.25) is 0 Å². The Bertz CT molecular complexity index is 145. The van der Waals surface area contributed by atoms with E-state index >= 15 is 0 Å². The van der Waals surface area contributed by atoms with Gasteiger partial charge in [-0.25, -0.2) is 0 Å². The minimum atomic E-state index is 0.761. The van der Waals surface area contributed by atoms with Crippen LogP contribution >= 0.6 is 15.9 Å². The monoisotopic (exact) mass is 244 g/mol. The maximum absolute atomic E-state index is 3.82. The van der Waals surface area contributed by atoms with Crippen LogP contribution in [0.4, 0.5) is 0 Å². The molecule has 1 saturated carbocycles. The fourth-order valence-corrected chi connectivity index (χ4v) is 2.88. The van der Waals surface area contributed by atoms with Crippen molar-refractivity contribution in [3.63, 3.8) is 0 Å². The first-order chi connectivity index (χ1) is 6.27. The van der Waals surface area contributed by atoms with Crippen LogP contribution in [0.25, 0.3) is 0 Å². The largest absolute Gasteiger partial charge is 0.103 e. The van der Waals surface area contributed by atoms with Crippen molar-refractivity contribution in [1.82, 2.24) is 0 Å². The summed E-state index contributed by atoms with van der Waals surface area (Å²) in [6.07, 6.45) is 10.3. The van der Waals surface area contributed by atoms with E-state index in [4.69, 9.17) is 0 Å². The highest BCUT2D eigenvalue weighted by Crippen LogP contribution is 2.35. The van der Waals surface area contributed by atoms with Gasteiger partial charge in [-0.1, -0.05) is 28.9 Å². The Morgan fingerprint density at radius 3 is 2.46 bits per heavy atom. The minimum absolute atomic E-state index is 0.761. The molecule has 1 fully saturated rings. The highest BCUT2D eigenvalue weighted by molar-refractivity contribution is 9.09. The first-order valence-corrected chi connectivity index (χ1v) is 6.44. The van der Waals surface area contributed by atoms with Crippen LogP contribution in [-0.2, 0) is 0 Å². The molecule has 0 spiro atoms. The highest BCUT2D eigenvalue weighted by atomic mass is 79.9. The van der Waals surface area contributed by atoms with Gasteiger partial charge < -0.3 is 0 Å². The maximum atomic E-state index is 3.82. The average Bonchev–Trinajstić information content (AvgIpc) is 2.18. The molecule has 0 aromatic carbocycles. The lowest BCUT2D eigenvalue weighted by Gasteiger charge is -2.30. The second-order valence-electron chi connectivity index (χ2n) is 4.23. The van der Waals surface area contributed by atoms with Crippen LogP contribution in [0, 0.1) is 11.8 Å². The zero-order valence-corrected chi connectivity index (χ0v) is 10.2. The predicted octanol–water partition coefficient (Wildman–Crippen LogP) is 4.54. The number of allylic oxidation sites excluding steroid dienone is 1. The van der Waals surface area contributed by atoms with Gasteiger partial charge in [-0.3, -0.25) is 0 Å². The topological polar surface area (TPSA) is 0 Å². The van der Waals surface area contributed by atoms with E-state index in [-0.39, 0.29) is 0 Å². The van der Waals surface area contributed by atoms with E-state index in [0.29, 0.717) is 0 Å². The van der Waals surface area contributed by atoms with Crippen molar-refractivity contribution in [2.75, 3.05) is 0 Å². The van der Waals surface area contributed by atoms with Crippen molar-refractivity contribution in [2.24, 2.45) is 11.8 Å². The number of hydrogen-bond donors (Lipinski definition) is 0. The standard InChI is InChI=1S/C12H21Br/c1-3-5-10-6-8-11(9-7-10)12(13)4-2/h3,10-12H,1,4-9H2,2H3. The van der Waals surface area contributed by atoms with Gasteiger partial charge in [-0.15, -0.1) is 6.58 Å². The van der Waals surface area contributed by atoms with E-state index in [2.05, 4.69) is 35.5 Å². The Kier molecular flexibility index (Phi) is 5.08. The third-order valence-corrected chi connectivity index (χ3v) is 4.69. The molecule has 1 atom stereocenters. The van der Waals surface area contributed by atoms with Crippen LogP contribution in [0.15, 0.2) is 12.7 Å². The Morgan fingerprint density at radius 2 is 2.00 bits per heavy atom. The van der Waals surface area contributed by atoms with Gasteiger partial charge in [0.1, 0.15) is 0 Å². The van der Waals surface area contributed by atoms with E-state index in [0.717, 1.165) is 16.7 Å². The van der Waals surface area contributed by atoms with Crippen molar-refractivity contribution in [1.29, 1.82) is 0 Å². The number of hydrogen-bond acceptors (Lipinski definition) is 0. The predicted molar refractivity (Wildman–Crippen MR) is 63.3 cm³/mol. The Labute approximate surface area is 90.9 Å². The van der Waals surface area contributed by atoms with E-state index in [9.17, 15) is 0 Å². The van der Waals surface area contributed by atoms with Crippen molar-refractivity contribution < 1.29 is 0 Å². The molecule has 1 unspecified atom stereocenters. The molecule has 1 aliphatic carbocycles. The SMILES string of the molecule is C=CCC1CCC(C(Br)CC)CC1. The van der Waals surface area contributed by atoms with Gasteiger partial charge in [-0.05, 0) is 50.4 Å². The molecule has 0 radical (unpaired) electrons. The Balaban J connectivity index is 2.25. The van der Waals surface area contributed by atoms with E-state index in [1.165, 1.54) is 38.5 Å². The average molecular weight is 245 g/mol. The van der Waals surface area contributed by atoms with Gasteiger partial charge in [0.15, 0.2) is 0 Å². The summed E-state index contributed by atoms with van der Waals surface area (Å²) in [5, 5.41) is 0. The summed E-state index contributed by atoms with van der Waals surface area (Å²) in [5.41, 5.74) is 0.